The summed E-state index contributed by atoms with van der Waals surface area (Å²) in [4.78, 5) is 15.6. The third-order valence-corrected chi connectivity index (χ3v) is 3.04. The molecule has 0 aliphatic heterocycles. The molecule has 1 aromatic heterocycles. The molecular formula is C13H14N4O2S. The van der Waals surface area contributed by atoms with Gasteiger partial charge in [0.2, 0.25) is 11.0 Å². The van der Waals surface area contributed by atoms with E-state index in [1.807, 2.05) is 6.92 Å². The molecule has 0 saturated heterocycles. The SMILES string of the molecule is CCOc1ccc(N=NN(C(C)=O)c2nccs2)cc1. The maximum atomic E-state index is 11.5. The molecule has 2 rings (SSSR count). The van der Waals surface area contributed by atoms with Crippen LogP contribution in [0.2, 0.25) is 0 Å². The molecule has 0 atom stereocenters. The Balaban J connectivity index is 2.12. The summed E-state index contributed by atoms with van der Waals surface area (Å²) < 4.78 is 5.34. The number of hydrogen-bond donors (Lipinski definition) is 0. The summed E-state index contributed by atoms with van der Waals surface area (Å²) in [6, 6.07) is 7.15. The molecule has 0 radical (unpaired) electrons. The fourth-order valence-electron chi connectivity index (χ4n) is 1.43. The number of thiazole rings is 1. The molecule has 6 nitrogen and oxygen atoms in total. The first-order valence-electron chi connectivity index (χ1n) is 6.05. The Bertz CT molecular complexity index is 581. The maximum Gasteiger partial charge on any atom is 0.247 e. The lowest BCUT2D eigenvalue weighted by molar-refractivity contribution is -0.116. The normalized spacial score (nSPS) is 10.7. The van der Waals surface area contributed by atoms with Crippen molar-refractivity contribution in [1.82, 2.24) is 4.98 Å². The van der Waals surface area contributed by atoms with E-state index in [-0.39, 0.29) is 5.91 Å². The fraction of sp³-hybridized carbons (Fsp3) is 0.231. The molecule has 2 aromatic rings. The molecule has 0 bridgehead atoms. The lowest BCUT2D eigenvalue weighted by Crippen LogP contribution is -2.21. The van der Waals surface area contributed by atoms with E-state index < -0.39 is 0 Å². The third-order valence-electron chi connectivity index (χ3n) is 2.30. The minimum atomic E-state index is -0.241. The molecule has 0 N–H and O–H groups in total. The van der Waals surface area contributed by atoms with Crippen LogP contribution in [0.1, 0.15) is 13.8 Å². The first-order valence-corrected chi connectivity index (χ1v) is 6.93. The number of ether oxygens (including phenoxy) is 1. The smallest absolute Gasteiger partial charge is 0.247 e. The number of benzene rings is 1. The number of carbonyl (C=O) groups is 1. The van der Waals surface area contributed by atoms with Gasteiger partial charge in [-0.25, -0.2) is 4.98 Å². The largest absolute Gasteiger partial charge is 0.494 e. The summed E-state index contributed by atoms with van der Waals surface area (Å²) in [5.74, 6) is 0.532. The zero-order chi connectivity index (χ0) is 14.4. The summed E-state index contributed by atoms with van der Waals surface area (Å²) in [6.07, 6.45) is 1.61. The molecule has 1 aromatic carbocycles. The number of aromatic nitrogens is 1. The summed E-state index contributed by atoms with van der Waals surface area (Å²) >= 11 is 1.32. The van der Waals surface area contributed by atoms with Crippen molar-refractivity contribution in [3.63, 3.8) is 0 Å². The van der Waals surface area contributed by atoms with E-state index in [1.54, 1.807) is 35.8 Å². The number of amides is 1. The highest BCUT2D eigenvalue weighted by Crippen LogP contribution is 2.22. The lowest BCUT2D eigenvalue weighted by atomic mass is 10.3. The number of nitrogens with zero attached hydrogens (tertiary/aromatic N) is 4. The van der Waals surface area contributed by atoms with E-state index in [4.69, 9.17) is 4.74 Å². The van der Waals surface area contributed by atoms with Crippen LogP contribution in [0.4, 0.5) is 10.8 Å². The molecule has 0 aliphatic carbocycles. The van der Waals surface area contributed by atoms with Gasteiger partial charge in [0.25, 0.3) is 0 Å². The molecule has 0 aliphatic rings. The third kappa shape index (κ3) is 3.61. The van der Waals surface area contributed by atoms with Crippen molar-refractivity contribution in [1.29, 1.82) is 0 Å². The first kappa shape index (κ1) is 14.1. The molecule has 0 fully saturated rings. The van der Waals surface area contributed by atoms with Crippen LogP contribution in [0.5, 0.6) is 5.75 Å². The van der Waals surface area contributed by atoms with E-state index in [2.05, 4.69) is 15.3 Å². The monoisotopic (exact) mass is 290 g/mol. The van der Waals surface area contributed by atoms with Crippen molar-refractivity contribution in [3.8, 4) is 5.75 Å². The quantitative estimate of drug-likeness (QED) is 0.624. The van der Waals surface area contributed by atoms with Gasteiger partial charge in [-0.3, -0.25) is 4.79 Å². The molecule has 104 valence electrons. The van der Waals surface area contributed by atoms with Crippen LogP contribution in [0, 0.1) is 0 Å². The Hall–Kier alpha value is -2.28. The van der Waals surface area contributed by atoms with E-state index in [0.29, 0.717) is 17.4 Å². The summed E-state index contributed by atoms with van der Waals surface area (Å²) in [7, 11) is 0. The Morgan fingerprint density at radius 2 is 2.15 bits per heavy atom. The fourth-order valence-corrected chi connectivity index (χ4v) is 2.06. The van der Waals surface area contributed by atoms with Gasteiger partial charge < -0.3 is 4.74 Å². The lowest BCUT2D eigenvalue weighted by Gasteiger charge is -2.08. The van der Waals surface area contributed by atoms with E-state index in [1.165, 1.54) is 23.3 Å². The maximum absolute atomic E-state index is 11.5. The van der Waals surface area contributed by atoms with Crippen molar-refractivity contribution in [2.75, 3.05) is 11.6 Å². The Morgan fingerprint density at radius 3 is 2.70 bits per heavy atom. The number of rotatable bonds is 5. The summed E-state index contributed by atoms with van der Waals surface area (Å²) in [5, 5.41) is 11.4. The molecule has 1 amide bonds. The molecular weight excluding hydrogens is 276 g/mol. The second-order valence-corrected chi connectivity index (χ2v) is 4.63. The standard InChI is InChI=1S/C13H14N4O2S/c1-3-19-12-6-4-11(5-7-12)15-16-17(10(2)18)13-14-8-9-20-13/h4-9H,3H2,1-2H3. The van der Waals surface area contributed by atoms with Gasteiger partial charge in [0.15, 0.2) is 0 Å². The van der Waals surface area contributed by atoms with Crippen molar-refractivity contribution in [2.24, 2.45) is 10.3 Å². The van der Waals surface area contributed by atoms with Crippen LogP contribution in [0.25, 0.3) is 0 Å². The number of hydrogen-bond acceptors (Lipinski definition) is 6. The van der Waals surface area contributed by atoms with E-state index >= 15 is 0 Å². The van der Waals surface area contributed by atoms with Gasteiger partial charge in [-0.1, -0.05) is 5.22 Å². The Kier molecular flexibility index (Phi) is 4.78. The van der Waals surface area contributed by atoms with Gasteiger partial charge in [-0.05, 0) is 31.2 Å². The second kappa shape index (κ2) is 6.76. The van der Waals surface area contributed by atoms with Crippen molar-refractivity contribution < 1.29 is 9.53 Å². The Labute approximate surface area is 120 Å². The van der Waals surface area contributed by atoms with Crippen molar-refractivity contribution in [2.45, 2.75) is 13.8 Å². The van der Waals surface area contributed by atoms with Crippen LogP contribution in [0.3, 0.4) is 0 Å². The van der Waals surface area contributed by atoms with Crippen LogP contribution < -0.4 is 9.75 Å². The average Bonchev–Trinajstić information content (AvgIpc) is 2.95. The average molecular weight is 290 g/mol. The summed E-state index contributed by atoms with van der Waals surface area (Å²) in [5.41, 5.74) is 0.635. The van der Waals surface area contributed by atoms with Gasteiger partial charge >= 0.3 is 0 Å². The Morgan fingerprint density at radius 1 is 1.40 bits per heavy atom. The predicted molar refractivity (Wildman–Crippen MR) is 77.4 cm³/mol. The van der Waals surface area contributed by atoms with Crippen LogP contribution in [-0.4, -0.2) is 17.5 Å². The predicted octanol–water partition coefficient (Wildman–Crippen LogP) is 3.59. The highest BCUT2D eigenvalue weighted by atomic mass is 32.1. The van der Waals surface area contributed by atoms with E-state index in [0.717, 1.165) is 5.75 Å². The minimum Gasteiger partial charge on any atom is -0.494 e. The van der Waals surface area contributed by atoms with Crippen LogP contribution in [-0.2, 0) is 4.79 Å². The molecule has 7 heteroatoms. The van der Waals surface area contributed by atoms with Gasteiger partial charge in [-0.15, -0.1) is 16.5 Å². The molecule has 0 spiro atoms. The van der Waals surface area contributed by atoms with E-state index in [9.17, 15) is 4.79 Å². The zero-order valence-corrected chi connectivity index (χ0v) is 12.0. The van der Waals surface area contributed by atoms with Gasteiger partial charge in [-0.2, -0.15) is 5.01 Å². The van der Waals surface area contributed by atoms with Gasteiger partial charge in [0.05, 0.1) is 12.3 Å². The highest BCUT2D eigenvalue weighted by molar-refractivity contribution is 7.13. The van der Waals surface area contributed by atoms with Gasteiger partial charge in [0, 0.05) is 18.5 Å². The number of carbonyl (C=O) groups excluding carboxylic acids is 1. The zero-order valence-electron chi connectivity index (χ0n) is 11.2. The van der Waals surface area contributed by atoms with Crippen molar-refractivity contribution >= 4 is 28.1 Å². The van der Waals surface area contributed by atoms with Crippen molar-refractivity contribution in [3.05, 3.63) is 35.8 Å². The molecule has 1 heterocycles. The second-order valence-electron chi connectivity index (χ2n) is 3.76. The van der Waals surface area contributed by atoms with Crippen LogP contribution >= 0.6 is 11.3 Å². The summed E-state index contributed by atoms with van der Waals surface area (Å²) in [6.45, 7) is 3.95. The first-order chi connectivity index (χ1) is 9.70. The topological polar surface area (TPSA) is 67.2 Å². The number of anilines is 1. The molecule has 0 saturated carbocycles. The van der Waals surface area contributed by atoms with Crippen LogP contribution in [0.15, 0.2) is 46.2 Å². The highest BCUT2D eigenvalue weighted by Gasteiger charge is 2.12. The van der Waals surface area contributed by atoms with Gasteiger partial charge in [0.1, 0.15) is 5.75 Å². The minimum absolute atomic E-state index is 0.241. The molecule has 0 unspecified atom stereocenters. The molecule has 20 heavy (non-hydrogen) atoms.